The first-order chi connectivity index (χ1) is 12.0. The Labute approximate surface area is 159 Å². The number of nitrogens with zero attached hydrogens (tertiary/aromatic N) is 1. The lowest BCUT2D eigenvalue weighted by Gasteiger charge is -2.35. The van der Waals surface area contributed by atoms with Crippen molar-refractivity contribution in [3.05, 3.63) is 63.9 Å². The van der Waals surface area contributed by atoms with E-state index in [2.05, 4.69) is 9.71 Å². The third-order valence-electron chi connectivity index (χ3n) is 3.93. The Morgan fingerprint density at radius 3 is 2.19 bits per heavy atom. The van der Waals surface area contributed by atoms with Crippen molar-refractivity contribution in [2.45, 2.75) is 44.6 Å². The number of aliphatic hydroxyl groups excluding tert-OH is 1. The van der Waals surface area contributed by atoms with Crippen molar-refractivity contribution in [1.82, 2.24) is 9.71 Å². The summed E-state index contributed by atoms with van der Waals surface area (Å²) in [6.45, 7) is 6.79. The van der Waals surface area contributed by atoms with Gasteiger partial charge in [-0.15, -0.1) is 4.72 Å². The van der Waals surface area contributed by atoms with Crippen molar-refractivity contribution in [3.63, 3.8) is 0 Å². The van der Waals surface area contributed by atoms with Crippen LogP contribution in [-0.2, 0) is 23.5 Å². The average molecular weight is 403 g/mol. The van der Waals surface area contributed by atoms with Crippen molar-refractivity contribution in [2.24, 2.45) is 0 Å². The van der Waals surface area contributed by atoms with Gasteiger partial charge in [0.15, 0.2) is 0 Å². The number of benzene rings is 1. The van der Waals surface area contributed by atoms with Crippen LogP contribution in [0, 0.1) is 11.6 Å². The van der Waals surface area contributed by atoms with Crippen LogP contribution in [0.1, 0.15) is 44.5 Å². The van der Waals surface area contributed by atoms with Crippen LogP contribution in [0.3, 0.4) is 0 Å². The molecule has 0 amide bonds. The molecule has 0 saturated carbocycles. The lowest BCUT2D eigenvalue weighted by Crippen LogP contribution is -2.51. The first-order valence-corrected chi connectivity index (χ1v) is 9.43. The quantitative estimate of drug-likeness (QED) is 0.589. The van der Waals surface area contributed by atoms with E-state index in [9.17, 15) is 18.4 Å². The maximum Gasteiger partial charge on any atom is 0.145 e. The molecule has 0 aliphatic heterocycles. The molecule has 0 aliphatic rings. The molecule has 0 spiro atoms. The summed E-state index contributed by atoms with van der Waals surface area (Å²) < 4.78 is 43.1. The summed E-state index contributed by atoms with van der Waals surface area (Å²) in [6.07, 6.45) is 1.46. The third kappa shape index (κ3) is 4.35. The highest BCUT2D eigenvalue weighted by atomic mass is 35.5. The van der Waals surface area contributed by atoms with Gasteiger partial charge in [0.1, 0.15) is 26.9 Å². The van der Waals surface area contributed by atoms with Crippen molar-refractivity contribution in [2.75, 3.05) is 0 Å². The predicted molar refractivity (Wildman–Crippen MR) is 99.0 cm³/mol. The van der Waals surface area contributed by atoms with Gasteiger partial charge in [-0.1, -0.05) is 17.7 Å². The van der Waals surface area contributed by atoms with E-state index in [1.807, 2.05) is 0 Å². The van der Waals surface area contributed by atoms with Gasteiger partial charge in [-0.25, -0.2) is 8.78 Å². The zero-order valence-corrected chi connectivity index (χ0v) is 16.5. The summed E-state index contributed by atoms with van der Waals surface area (Å²) in [4.78, 5) is 4.28. The average Bonchev–Trinajstić information content (AvgIpc) is 2.58. The molecular weight excluding hydrogens is 382 g/mol. The van der Waals surface area contributed by atoms with E-state index in [0.717, 1.165) is 12.1 Å². The van der Waals surface area contributed by atoms with Crippen LogP contribution >= 0.6 is 11.6 Å². The van der Waals surface area contributed by atoms with Gasteiger partial charge in [0.25, 0.3) is 0 Å². The summed E-state index contributed by atoms with van der Waals surface area (Å²) >= 11 is 4.04. The molecule has 8 heteroatoms. The van der Waals surface area contributed by atoms with E-state index < -0.39 is 38.3 Å². The highest BCUT2D eigenvalue weighted by molar-refractivity contribution is 7.90. The minimum absolute atomic E-state index is 0.185. The molecule has 0 fully saturated rings. The van der Waals surface area contributed by atoms with Crippen molar-refractivity contribution < 1.29 is 18.4 Å². The third-order valence-corrected chi connectivity index (χ3v) is 6.00. The van der Waals surface area contributed by atoms with Gasteiger partial charge < -0.3 is 9.66 Å². The van der Waals surface area contributed by atoms with Gasteiger partial charge in [-0.05, 0) is 57.0 Å². The van der Waals surface area contributed by atoms with E-state index in [-0.39, 0.29) is 12.2 Å². The van der Waals surface area contributed by atoms with E-state index in [1.165, 1.54) is 6.20 Å². The van der Waals surface area contributed by atoms with E-state index in [4.69, 9.17) is 11.6 Å². The summed E-state index contributed by atoms with van der Waals surface area (Å²) in [7, 11) is 0. The van der Waals surface area contributed by atoms with Crippen LogP contribution < -0.4 is 4.72 Å². The van der Waals surface area contributed by atoms with Gasteiger partial charge in [0.05, 0.1) is 12.3 Å². The molecule has 2 N–H and O–H groups in total. The first-order valence-electron chi connectivity index (χ1n) is 7.90. The number of nitrogens with one attached hydrogen (secondary N) is 1. The Kier molecular flexibility index (Phi) is 6.30. The molecule has 1 aromatic heterocycles. The fourth-order valence-electron chi connectivity index (χ4n) is 2.26. The lowest BCUT2D eigenvalue weighted by molar-refractivity contribution is 0.281. The van der Waals surface area contributed by atoms with Crippen LogP contribution in [0.4, 0.5) is 8.78 Å². The number of hydrogen-bond donors (Lipinski definition) is 2. The normalized spacial score (nSPS) is 15.6. The van der Waals surface area contributed by atoms with Gasteiger partial charge >= 0.3 is 0 Å². The first kappa shape index (κ1) is 21.1. The number of aromatic nitrogens is 1. The van der Waals surface area contributed by atoms with Gasteiger partial charge in [-0.2, -0.15) is 0 Å². The molecule has 0 aliphatic carbocycles. The molecule has 0 saturated heterocycles. The van der Waals surface area contributed by atoms with Gasteiger partial charge in [0.2, 0.25) is 0 Å². The van der Waals surface area contributed by atoms with Crippen LogP contribution in [0.5, 0.6) is 0 Å². The summed E-state index contributed by atoms with van der Waals surface area (Å²) in [6, 6.07) is 5.45. The predicted octanol–water partition coefficient (Wildman–Crippen LogP) is 3.82. The Balaban J connectivity index is 2.60. The number of hydrogen-bond acceptors (Lipinski definition) is 4. The standard InChI is InChI=1S/C18H21ClF2N2O2S/c1-17(2,3)26(25)23-18(4,15-6-5-11(10-24)9-22-15)12-7-13(20)16(19)14(21)8-12/h5-9,23-24H,10H2,1-4H3/t18-,26?/m0/s1. The summed E-state index contributed by atoms with van der Waals surface area (Å²) in [5.74, 6) is -1.83. The van der Waals surface area contributed by atoms with Crippen LogP contribution in [-0.4, -0.2) is 19.4 Å². The number of halogens is 3. The fourth-order valence-corrected chi connectivity index (χ4v) is 3.26. The highest BCUT2D eigenvalue weighted by Crippen LogP contribution is 2.34. The molecule has 26 heavy (non-hydrogen) atoms. The molecule has 2 rings (SSSR count). The zero-order chi connectivity index (χ0) is 19.7. The molecular formula is C18H21ClF2N2O2S. The molecule has 2 atom stereocenters. The number of aliphatic hydroxyl groups is 1. The van der Waals surface area contributed by atoms with Crippen molar-refractivity contribution in [3.8, 4) is 0 Å². The monoisotopic (exact) mass is 402 g/mol. The second-order valence-electron chi connectivity index (χ2n) is 7.07. The van der Waals surface area contributed by atoms with Crippen molar-refractivity contribution in [1.29, 1.82) is 0 Å². The Hall–Kier alpha value is -1.25. The Morgan fingerprint density at radius 1 is 1.19 bits per heavy atom. The lowest BCUT2D eigenvalue weighted by atomic mass is 9.89. The topological polar surface area (TPSA) is 68.2 Å². The summed E-state index contributed by atoms with van der Waals surface area (Å²) in [5.41, 5.74) is -0.0769. The van der Waals surface area contributed by atoms with Gasteiger partial charge in [0, 0.05) is 17.6 Å². The number of pyridine rings is 1. The second kappa shape index (κ2) is 7.78. The maximum absolute atomic E-state index is 14.0. The second-order valence-corrected chi connectivity index (χ2v) is 9.42. The molecule has 142 valence electrons. The Morgan fingerprint density at radius 2 is 1.77 bits per heavy atom. The zero-order valence-electron chi connectivity index (χ0n) is 14.9. The molecule has 4 nitrogen and oxygen atoms in total. The minimum Gasteiger partial charge on any atom is -0.598 e. The summed E-state index contributed by atoms with van der Waals surface area (Å²) in [5, 5.41) is 8.59. The largest absolute Gasteiger partial charge is 0.598 e. The molecule has 1 heterocycles. The Bertz CT molecular complexity index is 761. The SMILES string of the molecule is CC(C)(C)[S+]([O-])N[C@@](C)(c1cc(F)c(Cl)c(F)c1)c1ccc(CO)cn1. The van der Waals surface area contributed by atoms with Crippen LogP contribution in [0.25, 0.3) is 0 Å². The van der Waals surface area contributed by atoms with Crippen LogP contribution in [0.2, 0.25) is 5.02 Å². The highest BCUT2D eigenvalue weighted by Gasteiger charge is 2.40. The molecule has 0 bridgehead atoms. The minimum atomic E-state index is -1.55. The molecule has 1 unspecified atom stereocenters. The number of rotatable bonds is 5. The molecule has 1 aromatic carbocycles. The fraction of sp³-hybridized carbons (Fsp3) is 0.389. The molecule has 0 radical (unpaired) electrons. The van der Waals surface area contributed by atoms with Crippen molar-refractivity contribution >= 4 is 23.0 Å². The van der Waals surface area contributed by atoms with E-state index in [0.29, 0.717) is 11.3 Å². The van der Waals surface area contributed by atoms with Gasteiger partial charge in [-0.3, -0.25) is 4.98 Å². The smallest absolute Gasteiger partial charge is 0.145 e. The van der Waals surface area contributed by atoms with E-state index in [1.54, 1.807) is 39.8 Å². The maximum atomic E-state index is 14.0. The van der Waals surface area contributed by atoms with E-state index >= 15 is 0 Å². The molecule has 2 aromatic rings. The van der Waals surface area contributed by atoms with Crippen LogP contribution in [0.15, 0.2) is 30.5 Å².